The average molecular weight is 297 g/mol. The first-order chi connectivity index (χ1) is 9.66. The van der Waals surface area contributed by atoms with Crippen molar-refractivity contribution in [2.24, 2.45) is 5.92 Å². The fourth-order valence-corrected chi connectivity index (χ4v) is 3.73. The molecule has 4 heteroatoms. The smallest absolute Gasteiger partial charge is 0.0898 e. The Morgan fingerprint density at radius 2 is 2.15 bits per heavy atom. The first-order valence-electron chi connectivity index (χ1n) is 7.73. The van der Waals surface area contributed by atoms with Crippen LogP contribution in [0.15, 0.2) is 17.5 Å². The van der Waals surface area contributed by atoms with Gasteiger partial charge >= 0.3 is 0 Å². The van der Waals surface area contributed by atoms with Crippen molar-refractivity contribution >= 4 is 11.3 Å². The molecule has 114 valence electrons. The SMILES string of the molecule is CC(C)C(NCC(O)COC1CCCC1)c1cccs1. The van der Waals surface area contributed by atoms with E-state index < -0.39 is 6.10 Å². The van der Waals surface area contributed by atoms with Gasteiger partial charge in [0.15, 0.2) is 0 Å². The van der Waals surface area contributed by atoms with Crippen LogP contribution in [0.25, 0.3) is 0 Å². The maximum absolute atomic E-state index is 10.1. The van der Waals surface area contributed by atoms with E-state index >= 15 is 0 Å². The zero-order valence-corrected chi connectivity index (χ0v) is 13.4. The highest BCUT2D eigenvalue weighted by atomic mass is 32.1. The van der Waals surface area contributed by atoms with Gasteiger partial charge in [-0.2, -0.15) is 0 Å². The first kappa shape index (κ1) is 16.0. The molecule has 1 heterocycles. The molecule has 0 bridgehead atoms. The number of rotatable bonds is 8. The largest absolute Gasteiger partial charge is 0.389 e. The van der Waals surface area contributed by atoms with Crippen LogP contribution in [0.4, 0.5) is 0 Å². The summed E-state index contributed by atoms with van der Waals surface area (Å²) in [5.41, 5.74) is 0. The van der Waals surface area contributed by atoms with Gasteiger partial charge in [-0.3, -0.25) is 0 Å². The summed E-state index contributed by atoms with van der Waals surface area (Å²) in [6, 6.07) is 4.55. The van der Waals surface area contributed by atoms with Crippen LogP contribution in [0.5, 0.6) is 0 Å². The van der Waals surface area contributed by atoms with Crippen LogP contribution in [0.2, 0.25) is 0 Å². The van der Waals surface area contributed by atoms with Crippen molar-refractivity contribution in [2.45, 2.75) is 57.8 Å². The predicted molar refractivity (Wildman–Crippen MR) is 84.1 cm³/mol. The average Bonchev–Trinajstić information content (AvgIpc) is 3.09. The summed E-state index contributed by atoms with van der Waals surface area (Å²) < 4.78 is 5.76. The van der Waals surface area contributed by atoms with Crippen LogP contribution in [-0.2, 0) is 4.74 Å². The van der Waals surface area contributed by atoms with E-state index in [1.807, 2.05) is 0 Å². The fourth-order valence-electron chi connectivity index (χ4n) is 2.76. The molecule has 2 rings (SSSR count). The lowest BCUT2D eigenvalue weighted by Crippen LogP contribution is -2.35. The Hall–Kier alpha value is -0.420. The van der Waals surface area contributed by atoms with Crippen molar-refractivity contribution < 1.29 is 9.84 Å². The molecular weight excluding hydrogens is 270 g/mol. The minimum absolute atomic E-state index is 0.316. The Bertz CT molecular complexity index is 361. The monoisotopic (exact) mass is 297 g/mol. The predicted octanol–water partition coefficient (Wildman–Crippen LogP) is 3.35. The van der Waals surface area contributed by atoms with Gasteiger partial charge in [0.2, 0.25) is 0 Å². The molecular formula is C16H27NO2S. The summed E-state index contributed by atoms with van der Waals surface area (Å²) in [6.07, 6.45) is 4.81. The lowest BCUT2D eigenvalue weighted by atomic mass is 10.0. The van der Waals surface area contributed by atoms with Crippen LogP contribution in [0, 0.1) is 5.92 Å². The van der Waals surface area contributed by atoms with Crippen LogP contribution >= 0.6 is 11.3 Å². The number of aliphatic hydroxyl groups is 1. The van der Waals surface area contributed by atoms with Crippen molar-refractivity contribution in [3.63, 3.8) is 0 Å². The second-order valence-electron chi connectivity index (χ2n) is 6.04. The van der Waals surface area contributed by atoms with Gasteiger partial charge in [0, 0.05) is 17.5 Å². The zero-order chi connectivity index (χ0) is 14.4. The minimum Gasteiger partial charge on any atom is -0.389 e. The Kier molecular flexibility index (Phi) is 6.49. The highest BCUT2D eigenvalue weighted by Gasteiger charge is 2.19. The Labute approximate surface area is 126 Å². The maximum Gasteiger partial charge on any atom is 0.0898 e. The molecule has 1 aliphatic rings. The van der Waals surface area contributed by atoms with E-state index in [4.69, 9.17) is 4.74 Å². The van der Waals surface area contributed by atoms with Crippen LogP contribution < -0.4 is 5.32 Å². The van der Waals surface area contributed by atoms with Gasteiger partial charge in [-0.05, 0) is 30.2 Å². The second-order valence-corrected chi connectivity index (χ2v) is 7.02. The third-order valence-electron chi connectivity index (χ3n) is 3.92. The summed E-state index contributed by atoms with van der Waals surface area (Å²) in [6.45, 7) is 5.46. The van der Waals surface area contributed by atoms with Crippen LogP contribution in [0.3, 0.4) is 0 Å². The lowest BCUT2D eigenvalue weighted by Gasteiger charge is -2.23. The van der Waals surface area contributed by atoms with Gasteiger partial charge in [-0.1, -0.05) is 32.8 Å². The standard InChI is InChI=1S/C16H27NO2S/c1-12(2)16(15-8-5-9-20-15)17-10-13(18)11-19-14-6-3-4-7-14/h5,8-9,12-14,16-18H,3-4,6-7,10-11H2,1-2H3. The van der Waals surface area contributed by atoms with Crippen molar-refractivity contribution in [1.82, 2.24) is 5.32 Å². The van der Waals surface area contributed by atoms with Crippen molar-refractivity contribution in [3.8, 4) is 0 Å². The summed E-state index contributed by atoms with van der Waals surface area (Å²) in [7, 11) is 0. The molecule has 2 atom stereocenters. The molecule has 1 aromatic heterocycles. The van der Waals surface area contributed by atoms with Crippen molar-refractivity contribution in [1.29, 1.82) is 0 Å². The first-order valence-corrected chi connectivity index (χ1v) is 8.61. The highest BCUT2D eigenvalue weighted by molar-refractivity contribution is 7.10. The molecule has 0 saturated heterocycles. The molecule has 0 radical (unpaired) electrons. The minimum atomic E-state index is -0.420. The summed E-state index contributed by atoms with van der Waals surface area (Å²) in [4.78, 5) is 1.34. The number of ether oxygens (including phenoxy) is 1. The van der Waals surface area contributed by atoms with E-state index in [9.17, 15) is 5.11 Å². The summed E-state index contributed by atoms with van der Waals surface area (Å²) in [5.74, 6) is 0.511. The molecule has 1 saturated carbocycles. The van der Waals surface area contributed by atoms with E-state index in [0.29, 0.717) is 31.2 Å². The van der Waals surface area contributed by atoms with Gasteiger partial charge in [0.05, 0.1) is 18.8 Å². The quantitative estimate of drug-likeness (QED) is 0.773. The lowest BCUT2D eigenvalue weighted by molar-refractivity contribution is -0.00667. The molecule has 2 unspecified atom stereocenters. The highest BCUT2D eigenvalue weighted by Crippen LogP contribution is 2.25. The van der Waals surface area contributed by atoms with E-state index in [1.165, 1.54) is 17.7 Å². The van der Waals surface area contributed by atoms with Gasteiger partial charge in [0.1, 0.15) is 0 Å². The molecule has 20 heavy (non-hydrogen) atoms. The third-order valence-corrected chi connectivity index (χ3v) is 4.87. The topological polar surface area (TPSA) is 41.5 Å². The van der Waals surface area contributed by atoms with E-state index in [-0.39, 0.29) is 0 Å². The van der Waals surface area contributed by atoms with E-state index in [1.54, 1.807) is 11.3 Å². The molecule has 3 nitrogen and oxygen atoms in total. The molecule has 2 N–H and O–H groups in total. The Balaban J connectivity index is 1.71. The maximum atomic E-state index is 10.1. The van der Waals surface area contributed by atoms with E-state index in [0.717, 1.165) is 12.8 Å². The van der Waals surface area contributed by atoms with Crippen molar-refractivity contribution in [2.75, 3.05) is 13.2 Å². The van der Waals surface area contributed by atoms with Crippen LogP contribution in [0.1, 0.15) is 50.4 Å². The number of hydrogen-bond donors (Lipinski definition) is 2. The molecule has 1 aliphatic carbocycles. The third kappa shape index (κ3) is 4.85. The van der Waals surface area contributed by atoms with E-state index in [2.05, 4.69) is 36.7 Å². The number of thiophene rings is 1. The number of hydrogen-bond acceptors (Lipinski definition) is 4. The van der Waals surface area contributed by atoms with Crippen LogP contribution in [-0.4, -0.2) is 30.5 Å². The Morgan fingerprint density at radius 1 is 1.40 bits per heavy atom. The second kappa shape index (κ2) is 8.13. The molecule has 0 aromatic carbocycles. The van der Waals surface area contributed by atoms with Crippen molar-refractivity contribution in [3.05, 3.63) is 22.4 Å². The summed E-state index contributed by atoms with van der Waals surface area (Å²) >= 11 is 1.77. The normalized spacial score (nSPS) is 19.6. The molecule has 0 spiro atoms. The van der Waals surface area contributed by atoms with Gasteiger partial charge in [-0.15, -0.1) is 11.3 Å². The van der Waals surface area contributed by atoms with Gasteiger partial charge < -0.3 is 15.2 Å². The van der Waals surface area contributed by atoms with Gasteiger partial charge in [0.25, 0.3) is 0 Å². The fraction of sp³-hybridized carbons (Fsp3) is 0.750. The number of aliphatic hydroxyl groups excluding tert-OH is 1. The summed E-state index contributed by atoms with van der Waals surface area (Å²) in [5, 5.41) is 15.6. The Morgan fingerprint density at radius 3 is 2.75 bits per heavy atom. The number of nitrogens with one attached hydrogen (secondary N) is 1. The molecule has 1 fully saturated rings. The molecule has 1 aromatic rings. The molecule has 0 amide bonds. The molecule has 0 aliphatic heterocycles. The zero-order valence-electron chi connectivity index (χ0n) is 12.5. The van der Waals surface area contributed by atoms with Gasteiger partial charge in [-0.25, -0.2) is 0 Å².